The number of aryl methyl sites for hydroxylation is 2. The van der Waals surface area contributed by atoms with E-state index in [1.54, 1.807) is 24.3 Å². The molecular weight excluding hydrogens is 464 g/mol. The molecule has 0 spiro atoms. The van der Waals surface area contributed by atoms with Crippen LogP contribution in [-0.4, -0.2) is 36.9 Å². The molecule has 0 radical (unpaired) electrons. The number of nitrogens with one attached hydrogen (secondary N) is 1. The monoisotopic (exact) mass is 480 g/mol. The van der Waals surface area contributed by atoms with Crippen LogP contribution in [0.1, 0.15) is 30.1 Å². The molecule has 0 fully saturated rings. The van der Waals surface area contributed by atoms with Crippen LogP contribution in [0.25, 0.3) is 10.9 Å². The van der Waals surface area contributed by atoms with Crippen molar-refractivity contribution < 1.29 is 48.3 Å². The van der Waals surface area contributed by atoms with Gasteiger partial charge in [-0.2, -0.15) is 26.3 Å². The number of alkyl halides is 8. The van der Waals surface area contributed by atoms with Crippen molar-refractivity contribution in [3.63, 3.8) is 0 Å². The SMILES string of the molecule is Cn1c2c(c3ccccc31)CCCC2NS(=O)(=O)C(F)(F)C(F)(F)OC(F)(F)C(F)F. The molecule has 1 atom stereocenters. The number of ether oxygens (including phenoxy) is 1. The summed E-state index contributed by atoms with van der Waals surface area (Å²) in [6.45, 7) is 0. The second-order valence-corrected chi connectivity index (χ2v) is 8.76. The Morgan fingerprint density at radius 2 is 1.74 bits per heavy atom. The van der Waals surface area contributed by atoms with E-state index in [-0.39, 0.29) is 12.1 Å². The third-order valence-electron chi connectivity index (χ3n) is 5.00. The van der Waals surface area contributed by atoms with Gasteiger partial charge < -0.3 is 4.57 Å². The molecular formula is C17H16F8N2O3S. The third-order valence-corrected chi connectivity index (χ3v) is 6.51. The fraction of sp³-hybridized carbons (Fsp3) is 0.529. The number of aromatic nitrogens is 1. The summed E-state index contributed by atoms with van der Waals surface area (Å²) < 4.78 is 135. The molecule has 31 heavy (non-hydrogen) atoms. The van der Waals surface area contributed by atoms with Crippen LogP contribution in [0.4, 0.5) is 35.1 Å². The van der Waals surface area contributed by atoms with Crippen molar-refractivity contribution in [2.24, 2.45) is 7.05 Å². The van der Waals surface area contributed by atoms with Crippen molar-refractivity contribution in [3.05, 3.63) is 35.5 Å². The first-order valence-electron chi connectivity index (χ1n) is 8.82. The van der Waals surface area contributed by atoms with Gasteiger partial charge in [0, 0.05) is 23.6 Å². The van der Waals surface area contributed by atoms with Gasteiger partial charge in [-0.15, -0.1) is 0 Å². The molecule has 1 aromatic carbocycles. The lowest BCUT2D eigenvalue weighted by atomic mass is 9.92. The number of fused-ring (bicyclic) bond motifs is 3. The fourth-order valence-electron chi connectivity index (χ4n) is 3.63. The van der Waals surface area contributed by atoms with Crippen LogP contribution in [0.3, 0.4) is 0 Å². The van der Waals surface area contributed by atoms with Gasteiger partial charge in [0.1, 0.15) is 0 Å². The number of rotatable bonds is 7. The third kappa shape index (κ3) is 3.89. The minimum Gasteiger partial charge on any atom is -0.346 e. The first kappa shape index (κ1) is 23.7. The Labute approximate surface area is 171 Å². The van der Waals surface area contributed by atoms with E-state index in [4.69, 9.17) is 0 Å². The predicted octanol–water partition coefficient (Wildman–Crippen LogP) is 4.54. The van der Waals surface area contributed by atoms with Gasteiger partial charge in [0.15, 0.2) is 0 Å². The number of nitrogens with zero attached hydrogens (tertiary/aromatic N) is 1. The Morgan fingerprint density at radius 3 is 2.35 bits per heavy atom. The quantitative estimate of drug-likeness (QED) is 0.593. The Hall–Kier alpha value is -1.93. The summed E-state index contributed by atoms with van der Waals surface area (Å²) in [7, 11) is -4.84. The van der Waals surface area contributed by atoms with E-state index < -0.39 is 40.0 Å². The Kier molecular flexibility index (Phi) is 5.81. The molecule has 1 heterocycles. The molecule has 2 aromatic rings. The van der Waals surface area contributed by atoms with E-state index in [1.807, 2.05) is 0 Å². The molecule has 0 amide bonds. The van der Waals surface area contributed by atoms with Crippen molar-refractivity contribution in [2.75, 3.05) is 0 Å². The van der Waals surface area contributed by atoms with Gasteiger partial charge in [-0.3, -0.25) is 0 Å². The van der Waals surface area contributed by atoms with Crippen molar-refractivity contribution in [2.45, 2.75) is 49.2 Å². The first-order valence-corrected chi connectivity index (χ1v) is 10.3. The molecule has 0 saturated heterocycles. The van der Waals surface area contributed by atoms with E-state index in [2.05, 4.69) is 4.74 Å². The summed E-state index contributed by atoms with van der Waals surface area (Å²) in [5.74, 6) is 0. The molecule has 1 aliphatic carbocycles. The summed E-state index contributed by atoms with van der Waals surface area (Å²) in [5.41, 5.74) is 1.50. The Bertz CT molecular complexity index is 1080. The van der Waals surface area contributed by atoms with Crippen LogP contribution >= 0.6 is 0 Å². The highest BCUT2D eigenvalue weighted by molar-refractivity contribution is 7.90. The van der Waals surface area contributed by atoms with Gasteiger partial charge in [-0.25, -0.2) is 26.7 Å². The van der Waals surface area contributed by atoms with Crippen LogP contribution in [0.5, 0.6) is 0 Å². The van der Waals surface area contributed by atoms with Gasteiger partial charge in [-0.1, -0.05) is 18.2 Å². The average Bonchev–Trinajstić information content (AvgIpc) is 2.94. The Balaban J connectivity index is 1.96. The van der Waals surface area contributed by atoms with Crippen molar-refractivity contribution in [1.82, 2.24) is 9.29 Å². The van der Waals surface area contributed by atoms with E-state index >= 15 is 0 Å². The molecule has 1 unspecified atom stereocenters. The summed E-state index contributed by atoms with van der Waals surface area (Å²) in [6, 6.07) is 5.40. The van der Waals surface area contributed by atoms with Gasteiger partial charge in [-0.05, 0) is 30.9 Å². The minimum atomic E-state index is -6.45. The minimum absolute atomic E-state index is 0.0495. The van der Waals surface area contributed by atoms with Crippen LogP contribution in [-0.2, 0) is 28.2 Å². The molecule has 5 nitrogen and oxygen atoms in total. The number of benzene rings is 1. The normalized spacial score (nSPS) is 18.6. The van der Waals surface area contributed by atoms with Crippen LogP contribution in [0.2, 0.25) is 0 Å². The number of para-hydroxylation sites is 1. The van der Waals surface area contributed by atoms with Crippen molar-refractivity contribution >= 4 is 20.9 Å². The van der Waals surface area contributed by atoms with E-state index in [1.165, 1.54) is 16.3 Å². The maximum Gasteiger partial charge on any atom is 0.448 e. The molecule has 0 bridgehead atoms. The molecule has 0 aliphatic heterocycles. The zero-order chi connectivity index (χ0) is 23.4. The summed E-state index contributed by atoms with van der Waals surface area (Å²) in [4.78, 5) is 0. The lowest BCUT2D eigenvalue weighted by Gasteiger charge is -2.31. The fourth-order valence-corrected chi connectivity index (χ4v) is 4.73. The molecule has 1 aromatic heterocycles. The molecule has 14 heteroatoms. The van der Waals surface area contributed by atoms with E-state index in [0.29, 0.717) is 29.3 Å². The summed E-state index contributed by atoms with van der Waals surface area (Å²) in [6.07, 6.45) is -16.6. The van der Waals surface area contributed by atoms with E-state index in [0.717, 1.165) is 0 Å². The zero-order valence-electron chi connectivity index (χ0n) is 15.7. The number of hydrogen-bond donors (Lipinski definition) is 1. The van der Waals surface area contributed by atoms with E-state index in [9.17, 15) is 43.5 Å². The lowest BCUT2D eigenvalue weighted by Crippen LogP contribution is -2.57. The standard InChI is InChI=1S/C17H16F8N2O3S/c1-27-12-8-3-2-5-9(12)10-6-4-7-11(13(10)27)26-31(28,29)17(24,25)16(22,23)30-15(20,21)14(18)19/h2-3,5,8,11,14,26H,4,6-7H2,1H3. The van der Waals surface area contributed by atoms with Gasteiger partial charge in [0.2, 0.25) is 0 Å². The largest absolute Gasteiger partial charge is 0.448 e. The maximum absolute atomic E-state index is 14.1. The molecule has 174 valence electrons. The highest BCUT2D eigenvalue weighted by Gasteiger charge is 2.71. The predicted molar refractivity (Wildman–Crippen MR) is 92.6 cm³/mol. The van der Waals surface area contributed by atoms with Crippen molar-refractivity contribution in [3.8, 4) is 0 Å². The maximum atomic E-state index is 14.1. The van der Waals surface area contributed by atoms with Gasteiger partial charge in [0.25, 0.3) is 10.0 Å². The summed E-state index contributed by atoms with van der Waals surface area (Å²) >= 11 is 0. The number of hydrogen-bond acceptors (Lipinski definition) is 3. The lowest BCUT2D eigenvalue weighted by molar-refractivity contribution is -0.435. The smallest absolute Gasteiger partial charge is 0.346 e. The number of halogens is 8. The van der Waals surface area contributed by atoms with Crippen molar-refractivity contribution in [1.29, 1.82) is 0 Å². The first-order chi connectivity index (χ1) is 14.1. The molecule has 1 aliphatic rings. The molecule has 3 rings (SSSR count). The van der Waals surface area contributed by atoms with Crippen LogP contribution in [0, 0.1) is 0 Å². The van der Waals surface area contributed by atoms with Gasteiger partial charge in [0.05, 0.1) is 6.04 Å². The summed E-state index contributed by atoms with van der Waals surface area (Å²) in [5, 5.41) is -5.57. The van der Waals surface area contributed by atoms with Crippen LogP contribution < -0.4 is 4.72 Å². The van der Waals surface area contributed by atoms with Gasteiger partial charge >= 0.3 is 23.9 Å². The highest BCUT2D eigenvalue weighted by atomic mass is 32.2. The second-order valence-electron chi connectivity index (χ2n) is 7.00. The zero-order valence-corrected chi connectivity index (χ0v) is 16.5. The number of sulfonamides is 1. The molecule has 0 saturated carbocycles. The topological polar surface area (TPSA) is 60.3 Å². The average molecular weight is 480 g/mol. The second kappa shape index (κ2) is 7.59. The molecule has 1 N–H and O–H groups in total. The Morgan fingerprint density at radius 1 is 1.13 bits per heavy atom. The van der Waals surface area contributed by atoms with Crippen LogP contribution in [0.15, 0.2) is 24.3 Å². The highest BCUT2D eigenvalue weighted by Crippen LogP contribution is 2.45.